The van der Waals surface area contributed by atoms with Gasteiger partial charge in [0.05, 0.1) is 36.5 Å². The SMILES string of the molecule is COc1ccc(Nc2cc(N3CCN(c4ccc(OC)cc4)CC3)c3noc4c3c2C(=O)c2ccccc2-4)cc1. The number of benzene rings is 4. The number of fused-ring (bicyclic) bond motifs is 2. The summed E-state index contributed by atoms with van der Waals surface area (Å²) in [5.41, 5.74) is 6.40. The highest BCUT2D eigenvalue weighted by Crippen LogP contribution is 2.46. The molecule has 1 N–H and O–H groups in total. The number of ether oxygens (including phenoxy) is 2. The van der Waals surface area contributed by atoms with Crippen LogP contribution in [0.25, 0.3) is 22.2 Å². The molecule has 200 valence electrons. The normalized spacial score (nSPS) is 14.3. The minimum atomic E-state index is -0.0387. The first-order chi connectivity index (χ1) is 19.6. The molecule has 5 aromatic rings. The van der Waals surface area contributed by atoms with Gasteiger partial charge in [-0.2, -0.15) is 0 Å². The average molecular weight is 533 g/mol. The molecule has 0 radical (unpaired) electrons. The van der Waals surface area contributed by atoms with Crippen molar-refractivity contribution in [1.29, 1.82) is 0 Å². The summed E-state index contributed by atoms with van der Waals surface area (Å²) in [6.07, 6.45) is 0. The number of piperazine rings is 1. The number of carbonyl (C=O) groups excluding carboxylic acids is 1. The quantitative estimate of drug-likeness (QED) is 0.275. The first kappa shape index (κ1) is 24.1. The van der Waals surface area contributed by atoms with E-state index in [2.05, 4.69) is 32.4 Å². The summed E-state index contributed by atoms with van der Waals surface area (Å²) in [6, 6.07) is 25.5. The van der Waals surface area contributed by atoms with E-state index in [4.69, 9.17) is 14.0 Å². The predicted molar refractivity (Wildman–Crippen MR) is 157 cm³/mol. The van der Waals surface area contributed by atoms with E-state index in [1.54, 1.807) is 14.2 Å². The minimum Gasteiger partial charge on any atom is -0.497 e. The van der Waals surface area contributed by atoms with Crippen molar-refractivity contribution in [1.82, 2.24) is 5.16 Å². The van der Waals surface area contributed by atoms with Crippen molar-refractivity contribution < 1.29 is 18.8 Å². The van der Waals surface area contributed by atoms with Gasteiger partial charge in [-0.25, -0.2) is 0 Å². The highest BCUT2D eigenvalue weighted by Gasteiger charge is 2.34. The summed E-state index contributed by atoms with van der Waals surface area (Å²) in [7, 11) is 3.32. The molecule has 0 amide bonds. The lowest BCUT2D eigenvalue weighted by atomic mass is 9.86. The van der Waals surface area contributed by atoms with Gasteiger partial charge in [-0.3, -0.25) is 4.79 Å². The molecule has 8 nitrogen and oxygen atoms in total. The Balaban J connectivity index is 1.29. The van der Waals surface area contributed by atoms with Crippen molar-refractivity contribution in [2.75, 3.05) is 55.5 Å². The summed E-state index contributed by atoms with van der Waals surface area (Å²) in [5, 5.41) is 8.79. The monoisotopic (exact) mass is 532 g/mol. The molecule has 8 heteroatoms. The summed E-state index contributed by atoms with van der Waals surface area (Å²) in [4.78, 5) is 18.6. The van der Waals surface area contributed by atoms with E-state index in [1.807, 2.05) is 66.7 Å². The maximum Gasteiger partial charge on any atom is 0.196 e. The van der Waals surface area contributed by atoms with Gasteiger partial charge in [-0.1, -0.05) is 29.4 Å². The summed E-state index contributed by atoms with van der Waals surface area (Å²) in [5.74, 6) is 2.21. The lowest BCUT2D eigenvalue weighted by molar-refractivity contribution is 0.104. The molecule has 1 aliphatic heterocycles. The van der Waals surface area contributed by atoms with Crippen LogP contribution in [-0.2, 0) is 0 Å². The van der Waals surface area contributed by atoms with Crippen molar-refractivity contribution in [2.24, 2.45) is 0 Å². The van der Waals surface area contributed by atoms with Gasteiger partial charge in [0.25, 0.3) is 0 Å². The van der Waals surface area contributed by atoms with Crippen molar-refractivity contribution in [3.05, 3.63) is 90.0 Å². The lowest BCUT2D eigenvalue weighted by Gasteiger charge is -2.37. The molecule has 4 aromatic carbocycles. The van der Waals surface area contributed by atoms with Crippen LogP contribution in [0.4, 0.5) is 22.7 Å². The highest BCUT2D eigenvalue weighted by molar-refractivity contribution is 6.28. The Labute approximate surface area is 231 Å². The third kappa shape index (κ3) is 3.91. The molecule has 1 aromatic heterocycles. The van der Waals surface area contributed by atoms with Crippen molar-refractivity contribution in [2.45, 2.75) is 0 Å². The molecule has 0 unspecified atom stereocenters. The number of anilines is 4. The topological polar surface area (TPSA) is 80.1 Å². The predicted octanol–water partition coefficient (Wildman–Crippen LogP) is 6.13. The Morgan fingerprint density at radius 3 is 2.10 bits per heavy atom. The van der Waals surface area contributed by atoms with E-state index in [1.165, 1.54) is 5.69 Å². The van der Waals surface area contributed by atoms with Crippen LogP contribution in [0.2, 0.25) is 0 Å². The molecule has 0 bridgehead atoms. The molecule has 0 saturated carbocycles. The van der Waals surface area contributed by atoms with Crippen LogP contribution in [0.3, 0.4) is 0 Å². The number of hydrogen-bond donors (Lipinski definition) is 1. The Morgan fingerprint density at radius 2 is 1.43 bits per heavy atom. The van der Waals surface area contributed by atoms with Gasteiger partial charge in [0.2, 0.25) is 0 Å². The molecular weight excluding hydrogens is 504 g/mol. The second-order valence-electron chi connectivity index (χ2n) is 9.95. The standard InChI is InChI=1S/C32H28N4O4/c1-38-22-11-7-20(8-12-22)33-26-19-27(36-17-15-35(16-18-36)21-9-13-23(39-2)14-10-21)30-29-28(26)31(37)24-5-3-4-6-25(24)32(29)40-34-30/h3-14,19,33H,15-18H2,1-2H3. The molecular formula is C32H28N4O4. The number of nitrogens with one attached hydrogen (secondary N) is 1. The number of aromatic nitrogens is 1. The van der Waals surface area contributed by atoms with Crippen LogP contribution in [0.1, 0.15) is 15.9 Å². The first-order valence-corrected chi connectivity index (χ1v) is 13.3. The summed E-state index contributed by atoms with van der Waals surface area (Å²) in [6.45, 7) is 3.30. The molecule has 1 aliphatic carbocycles. The molecule has 1 saturated heterocycles. The largest absolute Gasteiger partial charge is 0.497 e. The van der Waals surface area contributed by atoms with Gasteiger partial charge in [-0.15, -0.1) is 0 Å². The van der Waals surface area contributed by atoms with Crippen LogP contribution in [0.15, 0.2) is 83.4 Å². The number of carbonyl (C=O) groups is 1. The Hall–Kier alpha value is -4.98. The van der Waals surface area contributed by atoms with Crippen LogP contribution in [0, 0.1) is 0 Å². The zero-order chi connectivity index (χ0) is 27.2. The van der Waals surface area contributed by atoms with Gasteiger partial charge >= 0.3 is 0 Å². The fraction of sp³-hybridized carbons (Fsp3) is 0.188. The van der Waals surface area contributed by atoms with Gasteiger partial charge in [-0.05, 0) is 54.6 Å². The zero-order valence-electron chi connectivity index (χ0n) is 22.3. The third-order valence-electron chi connectivity index (χ3n) is 7.81. The zero-order valence-corrected chi connectivity index (χ0v) is 22.3. The fourth-order valence-corrected chi connectivity index (χ4v) is 5.71. The van der Waals surface area contributed by atoms with E-state index < -0.39 is 0 Å². The second kappa shape index (κ2) is 9.64. The van der Waals surface area contributed by atoms with Gasteiger partial charge in [0, 0.05) is 48.7 Å². The number of nitrogens with zero attached hydrogens (tertiary/aromatic N) is 3. The Bertz CT molecular complexity index is 1720. The second-order valence-corrected chi connectivity index (χ2v) is 9.95. The fourth-order valence-electron chi connectivity index (χ4n) is 5.71. The van der Waals surface area contributed by atoms with Crippen molar-refractivity contribution >= 4 is 39.4 Å². The molecule has 2 aliphatic rings. The molecule has 0 atom stereocenters. The van der Waals surface area contributed by atoms with E-state index in [0.29, 0.717) is 22.4 Å². The van der Waals surface area contributed by atoms with E-state index in [0.717, 1.165) is 65.7 Å². The van der Waals surface area contributed by atoms with E-state index in [9.17, 15) is 4.79 Å². The van der Waals surface area contributed by atoms with Gasteiger partial charge < -0.3 is 29.1 Å². The molecule has 40 heavy (non-hydrogen) atoms. The summed E-state index contributed by atoms with van der Waals surface area (Å²) < 4.78 is 16.6. The van der Waals surface area contributed by atoms with Gasteiger partial charge in [0.15, 0.2) is 11.5 Å². The maximum absolute atomic E-state index is 13.9. The number of ketones is 1. The highest BCUT2D eigenvalue weighted by atomic mass is 16.5. The van der Waals surface area contributed by atoms with Crippen molar-refractivity contribution in [3.8, 4) is 22.8 Å². The van der Waals surface area contributed by atoms with E-state index in [-0.39, 0.29) is 5.78 Å². The molecule has 2 heterocycles. The van der Waals surface area contributed by atoms with Gasteiger partial charge in [0.1, 0.15) is 17.0 Å². The number of methoxy groups -OCH3 is 2. The Kier molecular flexibility index (Phi) is 5.81. The maximum atomic E-state index is 13.9. The van der Waals surface area contributed by atoms with E-state index >= 15 is 0 Å². The molecule has 1 fully saturated rings. The minimum absolute atomic E-state index is 0.0387. The Morgan fingerprint density at radius 1 is 0.800 bits per heavy atom. The van der Waals surface area contributed by atoms with Crippen LogP contribution >= 0.6 is 0 Å². The van der Waals surface area contributed by atoms with Crippen LogP contribution in [-0.4, -0.2) is 51.3 Å². The summed E-state index contributed by atoms with van der Waals surface area (Å²) >= 11 is 0. The average Bonchev–Trinajstić information content (AvgIpc) is 3.46. The molecule has 0 spiro atoms. The van der Waals surface area contributed by atoms with Crippen LogP contribution in [0.5, 0.6) is 11.5 Å². The number of rotatable bonds is 6. The first-order valence-electron chi connectivity index (χ1n) is 13.3. The van der Waals surface area contributed by atoms with Crippen LogP contribution < -0.4 is 24.6 Å². The lowest BCUT2D eigenvalue weighted by Crippen LogP contribution is -2.46. The number of hydrogen-bond acceptors (Lipinski definition) is 8. The molecule has 7 rings (SSSR count). The van der Waals surface area contributed by atoms with Crippen molar-refractivity contribution in [3.63, 3.8) is 0 Å². The third-order valence-corrected chi connectivity index (χ3v) is 7.81. The smallest absolute Gasteiger partial charge is 0.196 e.